The second-order valence-electron chi connectivity index (χ2n) is 8.47. The summed E-state index contributed by atoms with van der Waals surface area (Å²) in [5, 5.41) is 3.27. The molecule has 0 amide bonds. The van der Waals surface area contributed by atoms with Crippen LogP contribution in [0.5, 0.6) is 0 Å². The fourth-order valence-electron chi connectivity index (χ4n) is 3.27. The summed E-state index contributed by atoms with van der Waals surface area (Å²) in [5.74, 6) is -0.816. The number of hydrogen-bond acceptors (Lipinski definition) is 8. The van der Waals surface area contributed by atoms with Crippen LogP contribution in [-0.4, -0.2) is 44.0 Å². The number of methoxy groups -OCH3 is 1. The largest absolute Gasteiger partial charge is 0.469 e. The van der Waals surface area contributed by atoms with Crippen LogP contribution in [0, 0.1) is 11.2 Å². The van der Waals surface area contributed by atoms with Crippen molar-refractivity contribution in [1.29, 1.82) is 0 Å². The highest BCUT2D eigenvalue weighted by molar-refractivity contribution is 6.29. The third-order valence-electron chi connectivity index (χ3n) is 5.15. The first-order valence-corrected chi connectivity index (χ1v) is 10.5. The molecule has 0 spiro atoms. The summed E-state index contributed by atoms with van der Waals surface area (Å²) in [6.45, 7) is 5.79. The van der Waals surface area contributed by atoms with Gasteiger partial charge in [0.15, 0.2) is 28.9 Å². The van der Waals surface area contributed by atoms with Crippen LogP contribution >= 0.6 is 11.6 Å². The highest BCUT2D eigenvalue weighted by atomic mass is 35.5. The van der Waals surface area contributed by atoms with Crippen molar-refractivity contribution >= 4 is 34.6 Å². The molecule has 11 heteroatoms. The maximum Gasteiger partial charge on any atom is 0.307 e. The van der Waals surface area contributed by atoms with Crippen LogP contribution < -0.4 is 5.32 Å². The summed E-state index contributed by atoms with van der Waals surface area (Å²) < 4.78 is 25.8. The fraction of sp³-hybridized carbons (Fsp3) is 0.318. The number of halogens is 2. The number of nitrogens with one attached hydrogen (secondary N) is 2. The molecule has 0 aliphatic heterocycles. The number of carbonyl (C=O) groups is 1. The van der Waals surface area contributed by atoms with Gasteiger partial charge in [-0.05, 0) is 17.5 Å². The van der Waals surface area contributed by atoms with Crippen LogP contribution in [0.4, 0.5) is 10.2 Å². The molecule has 33 heavy (non-hydrogen) atoms. The minimum Gasteiger partial charge on any atom is -0.469 e. The van der Waals surface area contributed by atoms with Gasteiger partial charge in [0.25, 0.3) is 0 Å². The Morgan fingerprint density at radius 2 is 2.12 bits per heavy atom. The Morgan fingerprint density at radius 3 is 2.79 bits per heavy atom. The van der Waals surface area contributed by atoms with Gasteiger partial charge in [0.2, 0.25) is 0 Å². The summed E-state index contributed by atoms with van der Waals surface area (Å²) >= 11 is 6.03. The van der Waals surface area contributed by atoms with Crippen LogP contribution in [-0.2, 0) is 9.53 Å². The number of hydrogen-bond donors (Lipinski definition) is 2. The Kier molecular flexibility index (Phi) is 6.03. The lowest BCUT2D eigenvalue weighted by molar-refractivity contribution is -0.141. The van der Waals surface area contributed by atoms with Gasteiger partial charge in [-0.15, -0.1) is 0 Å². The third kappa shape index (κ3) is 4.65. The van der Waals surface area contributed by atoms with Gasteiger partial charge in [-0.1, -0.05) is 32.4 Å². The molecule has 0 aliphatic carbocycles. The molecular weight excluding hydrogens is 451 g/mol. The molecule has 2 N–H and O–H groups in total. The molecule has 9 nitrogen and oxygen atoms in total. The van der Waals surface area contributed by atoms with Crippen molar-refractivity contribution in [2.45, 2.75) is 33.2 Å². The molecule has 0 saturated heterocycles. The lowest BCUT2D eigenvalue weighted by atomic mass is 9.84. The standard InChI is InChI=1S/C22H22ClFN6O3/c1-22(2,3)13(8-15(31)32-4)27-20-16(24)18(12-6-5-7-33-12)29-19(30-20)11-9-25-21-17(11)28-14(23)10-26-21/h5-7,9-10,13H,8H2,1-4H3,(H,25,26)(H,27,29,30)/t13-/m1/s1. The summed E-state index contributed by atoms with van der Waals surface area (Å²) in [4.78, 5) is 32.3. The number of aromatic nitrogens is 5. The van der Waals surface area contributed by atoms with Crippen LogP contribution in [0.25, 0.3) is 34.0 Å². The first kappa shape index (κ1) is 22.7. The van der Waals surface area contributed by atoms with Crippen molar-refractivity contribution in [2.75, 3.05) is 12.4 Å². The van der Waals surface area contributed by atoms with Gasteiger partial charge in [0.1, 0.15) is 16.4 Å². The highest BCUT2D eigenvalue weighted by Gasteiger charge is 2.30. The average Bonchev–Trinajstić information content (AvgIpc) is 3.43. The minimum absolute atomic E-state index is 0.0169. The van der Waals surface area contributed by atoms with E-state index < -0.39 is 23.2 Å². The second-order valence-corrected chi connectivity index (χ2v) is 8.86. The fourth-order valence-corrected chi connectivity index (χ4v) is 3.40. The number of furan rings is 1. The number of esters is 1. The highest BCUT2D eigenvalue weighted by Crippen LogP contribution is 2.33. The molecule has 0 aromatic carbocycles. The SMILES string of the molecule is COC(=O)C[C@@H](Nc1nc(-c2c[nH]c3ncc(Cl)nc23)nc(-c2ccco2)c1F)C(C)(C)C. The monoisotopic (exact) mass is 472 g/mol. The normalized spacial score (nSPS) is 12.7. The van der Waals surface area contributed by atoms with Crippen molar-refractivity contribution in [2.24, 2.45) is 5.41 Å². The van der Waals surface area contributed by atoms with E-state index >= 15 is 4.39 Å². The molecule has 4 aromatic heterocycles. The smallest absolute Gasteiger partial charge is 0.307 e. The number of nitrogens with zero attached hydrogens (tertiary/aromatic N) is 4. The van der Waals surface area contributed by atoms with Gasteiger partial charge in [0.05, 0.1) is 31.6 Å². The Labute approximate surface area is 193 Å². The molecule has 0 unspecified atom stereocenters. The number of H-pyrrole nitrogens is 1. The van der Waals surface area contributed by atoms with Gasteiger partial charge in [-0.25, -0.2) is 24.3 Å². The molecular formula is C22H22ClFN6O3. The molecule has 4 aromatic rings. The third-order valence-corrected chi connectivity index (χ3v) is 5.34. The lowest BCUT2D eigenvalue weighted by Gasteiger charge is -2.31. The number of ether oxygens (including phenoxy) is 1. The van der Waals surface area contributed by atoms with Crippen molar-refractivity contribution < 1.29 is 18.3 Å². The number of fused-ring (bicyclic) bond motifs is 1. The maximum atomic E-state index is 15.6. The van der Waals surface area contributed by atoms with Crippen LogP contribution in [0.15, 0.2) is 35.2 Å². The van der Waals surface area contributed by atoms with E-state index in [1.54, 1.807) is 18.3 Å². The first-order valence-electron chi connectivity index (χ1n) is 10.1. The zero-order valence-corrected chi connectivity index (χ0v) is 19.2. The van der Waals surface area contributed by atoms with Gasteiger partial charge in [0, 0.05) is 12.2 Å². The lowest BCUT2D eigenvalue weighted by Crippen LogP contribution is -2.37. The molecule has 172 valence electrons. The predicted octanol–water partition coefficient (Wildman–Crippen LogP) is 4.86. The van der Waals surface area contributed by atoms with Crippen molar-refractivity contribution in [3.05, 3.63) is 41.8 Å². The predicted molar refractivity (Wildman–Crippen MR) is 121 cm³/mol. The van der Waals surface area contributed by atoms with E-state index in [4.69, 9.17) is 20.8 Å². The number of rotatable bonds is 6. The molecule has 0 radical (unpaired) electrons. The summed E-state index contributed by atoms with van der Waals surface area (Å²) in [5.41, 5.74) is 0.942. The van der Waals surface area contributed by atoms with Gasteiger partial charge >= 0.3 is 5.97 Å². The van der Waals surface area contributed by atoms with Crippen molar-refractivity contribution in [1.82, 2.24) is 24.9 Å². The summed E-state index contributed by atoms with van der Waals surface area (Å²) in [7, 11) is 1.31. The van der Waals surface area contributed by atoms with E-state index in [-0.39, 0.29) is 34.7 Å². The molecule has 4 heterocycles. The van der Waals surface area contributed by atoms with E-state index in [1.807, 2.05) is 20.8 Å². The van der Waals surface area contributed by atoms with E-state index in [1.165, 1.54) is 19.6 Å². The zero-order valence-electron chi connectivity index (χ0n) is 18.4. The molecule has 0 aliphatic rings. The Hall–Kier alpha value is -3.53. The van der Waals surface area contributed by atoms with E-state index in [9.17, 15) is 4.79 Å². The summed E-state index contributed by atoms with van der Waals surface area (Å²) in [6.07, 6.45) is 4.48. The Balaban J connectivity index is 1.87. The minimum atomic E-state index is -0.711. The van der Waals surface area contributed by atoms with E-state index in [0.29, 0.717) is 16.7 Å². The maximum absolute atomic E-state index is 15.6. The van der Waals surface area contributed by atoms with Crippen LogP contribution in [0.1, 0.15) is 27.2 Å². The van der Waals surface area contributed by atoms with Gasteiger partial charge in [-0.2, -0.15) is 0 Å². The molecule has 4 rings (SSSR count). The molecule has 0 bridgehead atoms. The quantitative estimate of drug-likeness (QED) is 0.382. The number of aromatic amines is 1. The van der Waals surface area contributed by atoms with Crippen LogP contribution in [0.2, 0.25) is 5.15 Å². The van der Waals surface area contributed by atoms with Crippen molar-refractivity contribution in [3.63, 3.8) is 0 Å². The Bertz CT molecular complexity index is 1300. The first-order chi connectivity index (χ1) is 15.7. The van der Waals surface area contributed by atoms with E-state index in [2.05, 4.69) is 30.2 Å². The van der Waals surface area contributed by atoms with Gasteiger partial charge in [-0.3, -0.25) is 4.79 Å². The molecule has 0 fully saturated rings. The summed E-state index contributed by atoms with van der Waals surface area (Å²) in [6, 6.07) is 2.75. The second kappa shape index (κ2) is 8.78. The topological polar surface area (TPSA) is 119 Å². The number of anilines is 1. The molecule has 1 atom stereocenters. The average molecular weight is 473 g/mol. The van der Waals surface area contributed by atoms with Gasteiger partial charge < -0.3 is 19.5 Å². The zero-order chi connectivity index (χ0) is 23.8. The Morgan fingerprint density at radius 1 is 1.33 bits per heavy atom. The number of carbonyl (C=O) groups excluding carboxylic acids is 1. The van der Waals surface area contributed by atoms with Crippen LogP contribution in [0.3, 0.4) is 0 Å². The van der Waals surface area contributed by atoms with Crippen molar-refractivity contribution in [3.8, 4) is 22.8 Å². The van der Waals surface area contributed by atoms with E-state index in [0.717, 1.165) is 0 Å². The molecule has 0 saturated carbocycles.